The molecular weight excluding hydrogens is 160 g/mol. The van der Waals surface area contributed by atoms with Gasteiger partial charge in [0.2, 0.25) is 0 Å². The SMILES string of the molecule is CC.CC1CC2=C(CCC=C2)CO1. The highest BCUT2D eigenvalue weighted by atomic mass is 16.5. The van der Waals surface area contributed by atoms with Crippen LogP contribution >= 0.6 is 0 Å². The molecular formula is C12H20O. The molecule has 0 aromatic rings. The average Bonchev–Trinajstić information content (AvgIpc) is 2.21. The molecule has 1 atom stereocenters. The second-order valence-corrected chi connectivity index (χ2v) is 3.40. The van der Waals surface area contributed by atoms with Crippen LogP contribution < -0.4 is 0 Å². The maximum atomic E-state index is 5.56. The van der Waals surface area contributed by atoms with Crippen molar-refractivity contribution in [1.29, 1.82) is 0 Å². The monoisotopic (exact) mass is 180 g/mol. The molecule has 0 aromatic heterocycles. The van der Waals surface area contributed by atoms with E-state index in [2.05, 4.69) is 19.1 Å². The van der Waals surface area contributed by atoms with E-state index < -0.39 is 0 Å². The van der Waals surface area contributed by atoms with Gasteiger partial charge in [0.25, 0.3) is 0 Å². The molecule has 0 spiro atoms. The Hall–Kier alpha value is -0.560. The molecule has 0 saturated heterocycles. The lowest BCUT2D eigenvalue weighted by molar-refractivity contribution is 0.0708. The molecule has 1 heterocycles. The molecule has 0 N–H and O–H groups in total. The smallest absolute Gasteiger partial charge is 0.0686 e. The highest BCUT2D eigenvalue weighted by Crippen LogP contribution is 2.27. The van der Waals surface area contributed by atoms with Crippen molar-refractivity contribution in [2.24, 2.45) is 0 Å². The van der Waals surface area contributed by atoms with Crippen LogP contribution in [0.2, 0.25) is 0 Å². The van der Waals surface area contributed by atoms with Crippen LogP contribution in [0.5, 0.6) is 0 Å². The second kappa shape index (κ2) is 5.23. The predicted octanol–water partition coefficient (Wildman–Crippen LogP) is 3.47. The standard InChI is InChI=1S/C10H14O.C2H6/c1-8-6-9-4-2-3-5-10(9)7-11-8;1-2/h2,4,8H,3,5-7H2,1H3;1-2H3. The predicted molar refractivity (Wildman–Crippen MR) is 56.8 cm³/mol. The topological polar surface area (TPSA) is 9.23 Å². The van der Waals surface area contributed by atoms with Crippen molar-refractivity contribution in [3.05, 3.63) is 23.3 Å². The van der Waals surface area contributed by atoms with Gasteiger partial charge in [-0.15, -0.1) is 0 Å². The molecule has 0 amide bonds. The van der Waals surface area contributed by atoms with Crippen molar-refractivity contribution in [3.8, 4) is 0 Å². The van der Waals surface area contributed by atoms with E-state index in [1.807, 2.05) is 13.8 Å². The van der Waals surface area contributed by atoms with Crippen molar-refractivity contribution in [2.75, 3.05) is 6.61 Å². The molecule has 0 radical (unpaired) electrons. The van der Waals surface area contributed by atoms with Crippen LogP contribution in [-0.4, -0.2) is 12.7 Å². The summed E-state index contributed by atoms with van der Waals surface area (Å²) in [7, 11) is 0. The Labute approximate surface area is 81.5 Å². The van der Waals surface area contributed by atoms with Crippen molar-refractivity contribution in [2.45, 2.75) is 46.1 Å². The van der Waals surface area contributed by atoms with Gasteiger partial charge in [0.1, 0.15) is 0 Å². The molecule has 13 heavy (non-hydrogen) atoms. The summed E-state index contributed by atoms with van der Waals surface area (Å²) in [6, 6.07) is 0. The molecule has 1 heteroatoms. The molecule has 0 fully saturated rings. The van der Waals surface area contributed by atoms with Crippen LogP contribution in [0.3, 0.4) is 0 Å². The van der Waals surface area contributed by atoms with Gasteiger partial charge >= 0.3 is 0 Å². The Balaban J connectivity index is 0.000000396. The number of ether oxygens (including phenoxy) is 1. The Morgan fingerprint density at radius 2 is 2.15 bits per heavy atom. The van der Waals surface area contributed by atoms with E-state index in [4.69, 9.17) is 4.74 Å². The lowest BCUT2D eigenvalue weighted by atomic mass is 9.92. The first-order valence-corrected chi connectivity index (χ1v) is 5.35. The first-order chi connectivity index (χ1) is 6.36. The van der Waals surface area contributed by atoms with Crippen molar-refractivity contribution >= 4 is 0 Å². The highest BCUT2D eigenvalue weighted by Gasteiger charge is 2.17. The molecule has 0 saturated carbocycles. The van der Waals surface area contributed by atoms with Crippen LogP contribution in [0.25, 0.3) is 0 Å². The number of rotatable bonds is 0. The fourth-order valence-corrected chi connectivity index (χ4v) is 1.75. The Morgan fingerprint density at radius 1 is 1.38 bits per heavy atom. The average molecular weight is 180 g/mol. The van der Waals surface area contributed by atoms with Crippen LogP contribution in [0.4, 0.5) is 0 Å². The summed E-state index contributed by atoms with van der Waals surface area (Å²) in [6.45, 7) is 7.02. The summed E-state index contributed by atoms with van der Waals surface area (Å²) in [5.74, 6) is 0. The fourth-order valence-electron chi connectivity index (χ4n) is 1.75. The summed E-state index contributed by atoms with van der Waals surface area (Å²) < 4.78 is 5.56. The van der Waals surface area contributed by atoms with E-state index >= 15 is 0 Å². The van der Waals surface area contributed by atoms with Gasteiger partial charge in [-0.25, -0.2) is 0 Å². The highest BCUT2D eigenvalue weighted by molar-refractivity contribution is 5.31. The quantitative estimate of drug-likeness (QED) is 0.554. The van der Waals surface area contributed by atoms with E-state index in [1.54, 1.807) is 0 Å². The lowest BCUT2D eigenvalue weighted by Crippen LogP contribution is -2.19. The number of allylic oxidation sites excluding steroid dienone is 2. The number of hydrogen-bond acceptors (Lipinski definition) is 1. The van der Waals surface area contributed by atoms with E-state index in [0.717, 1.165) is 13.0 Å². The molecule has 2 rings (SSSR count). The molecule has 1 unspecified atom stereocenters. The summed E-state index contributed by atoms with van der Waals surface area (Å²) in [5, 5.41) is 0. The van der Waals surface area contributed by atoms with Gasteiger partial charge in [-0.2, -0.15) is 0 Å². The molecule has 1 aliphatic carbocycles. The second-order valence-electron chi connectivity index (χ2n) is 3.40. The van der Waals surface area contributed by atoms with E-state index in [9.17, 15) is 0 Å². The van der Waals surface area contributed by atoms with E-state index in [1.165, 1.54) is 24.0 Å². The lowest BCUT2D eigenvalue weighted by Gasteiger charge is -2.25. The minimum Gasteiger partial charge on any atom is -0.374 e. The van der Waals surface area contributed by atoms with Crippen LogP contribution in [0, 0.1) is 0 Å². The zero-order chi connectivity index (χ0) is 9.68. The minimum absolute atomic E-state index is 0.427. The molecule has 1 nitrogen and oxygen atoms in total. The number of hydrogen-bond donors (Lipinski definition) is 0. The van der Waals surface area contributed by atoms with Gasteiger partial charge in [0, 0.05) is 0 Å². The maximum Gasteiger partial charge on any atom is 0.0686 e. The fraction of sp³-hybridized carbons (Fsp3) is 0.667. The first kappa shape index (κ1) is 10.5. The summed E-state index contributed by atoms with van der Waals surface area (Å²) >= 11 is 0. The third-order valence-corrected chi connectivity index (χ3v) is 2.44. The molecule has 2 aliphatic rings. The zero-order valence-corrected chi connectivity index (χ0v) is 8.97. The molecule has 0 bridgehead atoms. The van der Waals surface area contributed by atoms with E-state index in [0.29, 0.717) is 6.10 Å². The third kappa shape index (κ3) is 2.70. The van der Waals surface area contributed by atoms with Crippen molar-refractivity contribution in [1.82, 2.24) is 0 Å². The Morgan fingerprint density at radius 3 is 2.92 bits per heavy atom. The van der Waals surface area contributed by atoms with Gasteiger partial charge in [0.15, 0.2) is 0 Å². The van der Waals surface area contributed by atoms with Gasteiger partial charge in [-0.1, -0.05) is 26.0 Å². The van der Waals surface area contributed by atoms with Crippen LogP contribution in [-0.2, 0) is 4.74 Å². The van der Waals surface area contributed by atoms with Gasteiger partial charge < -0.3 is 4.74 Å². The summed E-state index contributed by atoms with van der Waals surface area (Å²) in [4.78, 5) is 0. The third-order valence-electron chi connectivity index (χ3n) is 2.44. The molecule has 74 valence electrons. The Kier molecular flexibility index (Phi) is 4.23. The minimum atomic E-state index is 0.427. The molecule has 1 aliphatic heterocycles. The first-order valence-electron chi connectivity index (χ1n) is 5.35. The van der Waals surface area contributed by atoms with E-state index in [-0.39, 0.29) is 0 Å². The summed E-state index contributed by atoms with van der Waals surface area (Å²) in [5.41, 5.74) is 3.07. The largest absolute Gasteiger partial charge is 0.374 e. The van der Waals surface area contributed by atoms with Crippen LogP contribution in [0.1, 0.15) is 40.0 Å². The Bertz CT molecular complexity index is 213. The molecule has 0 aromatic carbocycles. The van der Waals surface area contributed by atoms with Crippen molar-refractivity contribution in [3.63, 3.8) is 0 Å². The normalized spacial score (nSPS) is 26.2. The van der Waals surface area contributed by atoms with Crippen molar-refractivity contribution < 1.29 is 4.74 Å². The van der Waals surface area contributed by atoms with Gasteiger partial charge in [-0.05, 0) is 37.3 Å². The van der Waals surface area contributed by atoms with Gasteiger partial charge in [-0.3, -0.25) is 0 Å². The van der Waals surface area contributed by atoms with Crippen LogP contribution in [0.15, 0.2) is 23.3 Å². The zero-order valence-electron chi connectivity index (χ0n) is 8.97. The maximum absolute atomic E-state index is 5.56. The summed E-state index contributed by atoms with van der Waals surface area (Å²) in [6.07, 6.45) is 8.52. The van der Waals surface area contributed by atoms with Gasteiger partial charge in [0.05, 0.1) is 12.7 Å².